The lowest BCUT2D eigenvalue weighted by atomic mass is 10.1. The van der Waals surface area contributed by atoms with Crippen LogP contribution in [0.15, 0.2) is 36.7 Å². The summed E-state index contributed by atoms with van der Waals surface area (Å²) in [5, 5.41) is 7.17. The van der Waals surface area contributed by atoms with Gasteiger partial charge in [-0.3, -0.25) is 9.48 Å². The summed E-state index contributed by atoms with van der Waals surface area (Å²) >= 11 is 0. The minimum absolute atomic E-state index is 0.0351. The molecule has 2 aromatic rings. The second-order valence-electron chi connectivity index (χ2n) is 5.70. The first-order valence-corrected chi connectivity index (χ1v) is 7.66. The summed E-state index contributed by atoms with van der Waals surface area (Å²) < 4.78 is 7.03. The molecule has 0 bridgehead atoms. The van der Waals surface area contributed by atoms with Gasteiger partial charge in [-0.1, -0.05) is 24.3 Å². The van der Waals surface area contributed by atoms with Gasteiger partial charge in [0.1, 0.15) is 0 Å². The molecule has 1 aliphatic rings. The molecule has 1 aromatic carbocycles. The Balaban J connectivity index is 1.50. The molecule has 1 aromatic heterocycles. The van der Waals surface area contributed by atoms with Crippen molar-refractivity contribution >= 4 is 5.91 Å². The van der Waals surface area contributed by atoms with E-state index in [4.69, 9.17) is 4.74 Å². The molecular formula is C17H21N3O2. The van der Waals surface area contributed by atoms with Gasteiger partial charge in [-0.05, 0) is 24.0 Å². The third-order valence-electron chi connectivity index (χ3n) is 4.01. The molecule has 1 atom stereocenters. The zero-order chi connectivity index (χ0) is 15.4. The van der Waals surface area contributed by atoms with E-state index in [1.807, 2.05) is 19.4 Å². The van der Waals surface area contributed by atoms with Gasteiger partial charge in [0, 0.05) is 32.0 Å². The maximum Gasteiger partial charge on any atom is 0.225 e. The smallest absolute Gasteiger partial charge is 0.225 e. The van der Waals surface area contributed by atoms with E-state index in [1.165, 1.54) is 5.56 Å². The van der Waals surface area contributed by atoms with Gasteiger partial charge in [0.15, 0.2) is 0 Å². The van der Waals surface area contributed by atoms with Crippen molar-refractivity contribution in [2.45, 2.75) is 12.8 Å². The van der Waals surface area contributed by atoms with Crippen LogP contribution < -0.4 is 5.32 Å². The summed E-state index contributed by atoms with van der Waals surface area (Å²) in [6.07, 6.45) is 5.54. The van der Waals surface area contributed by atoms with Gasteiger partial charge in [0.2, 0.25) is 5.91 Å². The Kier molecular flexibility index (Phi) is 4.53. The summed E-state index contributed by atoms with van der Waals surface area (Å²) in [4.78, 5) is 11.9. The van der Waals surface area contributed by atoms with Crippen LogP contribution in [0.4, 0.5) is 0 Å². The molecule has 1 aliphatic heterocycles. The second kappa shape index (κ2) is 6.75. The van der Waals surface area contributed by atoms with Crippen LogP contribution in [0.3, 0.4) is 0 Å². The molecule has 0 radical (unpaired) electrons. The number of benzene rings is 1. The van der Waals surface area contributed by atoms with Crippen molar-refractivity contribution < 1.29 is 9.53 Å². The fourth-order valence-corrected chi connectivity index (χ4v) is 2.65. The highest BCUT2D eigenvalue weighted by Gasteiger charge is 2.22. The highest BCUT2D eigenvalue weighted by molar-refractivity contribution is 5.79. The molecule has 1 fully saturated rings. The van der Waals surface area contributed by atoms with Gasteiger partial charge in [-0.25, -0.2) is 0 Å². The lowest BCUT2D eigenvalue weighted by Crippen LogP contribution is -2.32. The fourth-order valence-electron chi connectivity index (χ4n) is 2.65. The van der Waals surface area contributed by atoms with Crippen LogP contribution in [-0.2, 0) is 23.0 Å². The van der Waals surface area contributed by atoms with Crippen molar-refractivity contribution in [3.63, 3.8) is 0 Å². The van der Waals surface area contributed by atoms with Crippen LogP contribution in [0, 0.1) is 5.92 Å². The van der Waals surface area contributed by atoms with Crippen LogP contribution in [0.25, 0.3) is 11.1 Å². The highest BCUT2D eigenvalue weighted by Crippen LogP contribution is 2.19. The lowest BCUT2D eigenvalue weighted by molar-refractivity contribution is -0.124. The van der Waals surface area contributed by atoms with Gasteiger partial charge in [-0.15, -0.1) is 0 Å². The number of nitrogens with zero attached hydrogens (tertiary/aromatic N) is 2. The number of aromatic nitrogens is 2. The predicted octanol–water partition coefficient (Wildman–Crippen LogP) is 1.78. The van der Waals surface area contributed by atoms with Crippen molar-refractivity contribution in [3.8, 4) is 11.1 Å². The summed E-state index contributed by atoms with van der Waals surface area (Å²) in [6, 6.07) is 8.40. The standard InChI is InChI=1S/C17H21N3O2/c1-20-11-16(10-19-20)14-4-2-13(3-5-14)6-8-18-17(21)15-7-9-22-12-15/h2-5,10-11,15H,6-9,12H2,1H3,(H,18,21). The first kappa shape index (κ1) is 14.8. The maximum atomic E-state index is 11.9. The Morgan fingerprint density at radius 3 is 2.82 bits per heavy atom. The topological polar surface area (TPSA) is 56.2 Å². The van der Waals surface area contributed by atoms with E-state index in [1.54, 1.807) is 4.68 Å². The number of hydrogen-bond donors (Lipinski definition) is 1. The van der Waals surface area contributed by atoms with E-state index >= 15 is 0 Å². The largest absolute Gasteiger partial charge is 0.381 e. The number of aryl methyl sites for hydroxylation is 1. The van der Waals surface area contributed by atoms with E-state index in [-0.39, 0.29) is 11.8 Å². The highest BCUT2D eigenvalue weighted by atomic mass is 16.5. The molecule has 0 saturated carbocycles. The number of ether oxygens (including phenoxy) is 1. The first-order valence-electron chi connectivity index (χ1n) is 7.66. The number of amides is 1. The second-order valence-corrected chi connectivity index (χ2v) is 5.70. The number of carbonyl (C=O) groups is 1. The van der Waals surface area contributed by atoms with E-state index < -0.39 is 0 Å². The number of carbonyl (C=O) groups excluding carboxylic acids is 1. The van der Waals surface area contributed by atoms with E-state index in [0.29, 0.717) is 19.8 Å². The van der Waals surface area contributed by atoms with E-state index in [0.717, 1.165) is 24.0 Å². The molecule has 0 aliphatic carbocycles. The van der Waals surface area contributed by atoms with Crippen molar-refractivity contribution in [1.82, 2.24) is 15.1 Å². The van der Waals surface area contributed by atoms with Gasteiger partial charge >= 0.3 is 0 Å². The Bertz CT molecular complexity index is 628. The van der Waals surface area contributed by atoms with Crippen LogP contribution in [0.1, 0.15) is 12.0 Å². The third kappa shape index (κ3) is 3.54. The van der Waals surface area contributed by atoms with Crippen LogP contribution in [-0.4, -0.2) is 35.4 Å². The van der Waals surface area contributed by atoms with Crippen molar-refractivity contribution in [2.75, 3.05) is 19.8 Å². The molecule has 3 rings (SSSR count). The fraction of sp³-hybridized carbons (Fsp3) is 0.412. The molecule has 0 spiro atoms. The van der Waals surface area contributed by atoms with Crippen molar-refractivity contribution in [2.24, 2.45) is 13.0 Å². The summed E-state index contributed by atoms with van der Waals surface area (Å²) in [5.41, 5.74) is 3.49. The number of hydrogen-bond acceptors (Lipinski definition) is 3. The molecule has 1 saturated heterocycles. The quantitative estimate of drug-likeness (QED) is 0.915. The maximum absolute atomic E-state index is 11.9. The average molecular weight is 299 g/mol. The minimum Gasteiger partial charge on any atom is -0.381 e. The van der Waals surface area contributed by atoms with Crippen molar-refractivity contribution in [1.29, 1.82) is 0 Å². The van der Waals surface area contributed by atoms with Gasteiger partial charge in [-0.2, -0.15) is 5.10 Å². The van der Waals surface area contributed by atoms with Gasteiger partial charge in [0.25, 0.3) is 0 Å². The monoisotopic (exact) mass is 299 g/mol. The molecule has 22 heavy (non-hydrogen) atoms. The Hall–Kier alpha value is -2.14. The molecular weight excluding hydrogens is 278 g/mol. The normalized spacial score (nSPS) is 17.6. The Morgan fingerprint density at radius 2 is 2.18 bits per heavy atom. The zero-order valence-corrected chi connectivity index (χ0v) is 12.8. The molecule has 1 unspecified atom stereocenters. The van der Waals surface area contributed by atoms with Crippen LogP contribution in [0.5, 0.6) is 0 Å². The van der Waals surface area contributed by atoms with Crippen LogP contribution in [0.2, 0.25) is 0 Å². The molecule has 1 amide bonds. The van der Waals surface area contributed by atoms with Gasteiger partial charge in [0.05, 0.1) is 18.7 Å². The predicted molar refractivity (Wildman–Crippen MR) is 84.3 cm³/mol. The third-order valence-corrected chi connectivity index (χ3v) is 4.01. The van der Waals surface area contributed by atoms with Crippen molar-refractivity contribution in [3.05, 3.63) is 42.2 Å². The van der Waals surface area contributed by atoms with Gasteiger partial charge < -0.3 is 10.1 Å². The average Bonchev–Trinajstić information content (AvgIpc) is 3.19. The minimum atomic E-state index is 0.0351. The Morgan fingerprint density at radius 1 is 1.36 bits per heavy atom. The zero-order valence-electron chi connectivity index (χ0n) is 12.8. The molecule has 5 nitrogen and oxygen atoms in total. The number of nitrogens with one attached hydrogen (secondary N) is 1. The van der Waals surface area contributed by atoms with E-state index in [9.17, 15) is 4.79 Å². The summed E-state index contributed by atoms with van der Waals surface area (Å²) in [5.74, 6) is 0.150. The van der Waals surface area contributed by atoms with E-state index in [2.05, 4.69) is 34.7 Å². The SMILES string of the molecule is Cn1cc(-c2ccc(CCNC(=O)C3CCOC3)cc2)cn1. The summed E-state index contributed by atoms with van der Waals surface area (Å²) in [7, 11) is 1.91. The summed E-state index contributed by atoms with van der Waals surface area (Å²) in [6.45, 7) is 1.93. The van der Waals surface area contributed by atoms with Crippen LogP contribution >= 0.6 is 0 Å². The molecule has 1 N–H and O–H groups in total. The lowest BCUT2D eigenvalue weighted by Gasteiger charge is -2.09. The molecule has 2 heterocycles. The Labute approximate surface area is 130 Å². The first-order chi connectivity index (χ1) is 10.7. The molecule has 5 heteroatoms. The number of rotatable bonds is 5. The molecule has 116 valence electrons.